The Labute approximate surface area is 74.8 Å². The molecule has 0 aromatic carbocycles. The van der Waals surface area contributed by atoms with Gasteiger partial charge >= 0.3 is 5.97 Å². The number of rotatable bonds is 2. The average molecular weight is 230 g/mol. The van der Waals surface area contributed by atoms with Crippen LogP contribution in [0.2, 0.25) is 0 Å². The second-order valence-corrected chi connectivity index (χ2v) is 2.84. The molecule has 0 radical (unpaired) electrons. The van der Waals surface area contributed by atoms with Crippen molar-refractivity contribution in [2.75, 3.05) is 24.4 Å². The first-order chi connectivity index (χ1) is 4.72. The second-order valence-electron chi connectivity index (χ2n) is 1.39. The minimum Gasteiger partial charge on any atom is -0.465 e. The van der Waals surface area contributed by atoms with Crippen LogP contribution in [0.3, 0.4) is 0 Å². The zero-order valence-electron chi connectivity index (χ0n) is 6.56. The standard InChI is InChI=1S/C4H7BrO2.C2H6S/c1-2-7-4(6)3-5;1-3-2/h2-3H2,1H3;1-2H3/p+1. The van der Waals surface area contributed by atoms with Gasteiger partial charge < -0.3 is 4.74 Å². The smallest absolute Gasteiger partial charge is 0.316 e. The highest BCUT2D eigenvalue weighted by Gasteiger charge is 1.92. The van der Waals surface area contributed by atoms with E-state index < -0.39 is 0 Å². The largest absolute Gasteiger partial charge is 0.465 e. The van der Waals surface area contributed by atoms with E-state index in [1.807, 2.05) is 0 Å². The normalized spacial score (nSPS) is 7.60. The summed E-state index contributed by atoms with van der Waals surface area (Å²) in [6, 6.07) is 0. The zero-order chi connectivity index (χ0) is 8.41. The van der Waals surface area contributed by atoms with Crippen molar-refractivity contribution in [3.63, 3.8) is 0 Å². The predicted octanol–water partition coefficient (Wildman–Crippen LogP) is 1.01. The quantitative estimate of drug-likeness (QED) is 0.306. The van der Waals surface area contributed by atoms with Gasteiger partial charge in [0, 0.05) is 0 Å². The molecule has 0 bridgehead atoms. The Kier molecular flexibility index (Phi) is 15.5. The van der Waals surface area contributed by atoms with E-state index in [-0.39, 0.29) is 5.97 Å². The van der Waals surface area contributed by atoms with Gasteiger partial charge in [0.15, 0.2) is 0 Å². The van der Waals surface area contributed by atoms with E-state index in [0.29, 0.717) is 11.9 Å². The van der Waals surface area contributed by atoms with Crippen LogP contribution in [0.25, 0.3) is 0 Å². The first-order valence-electron chi connectivity index (χ1n) is 2.92. The van der Waals surface area contributed by atoms with Crippen LogP contribution in [-0.2, 0) is 21.3 Å². The Hall–Kier alpha value is 0.300. The maximum Gasteiger partial charge on any atom is 0.316 e. The fourth-order valence-corrected chi connectivity index (χ4v) is 0.361. The molecule has 0 rings (SSSR count). The van der Waals surface area contributed by atoms with Crippen molar-refractivity contribution in [1.29, 1.82) is 0 Å². The number of halogens is 1. The highest BCUT2D eigenvalue weighted by Crippen LogP contribution is 1.82. The summed E-state index contributed by atoms with van der Waals surface area (Å²) in [4.78, 5) is 10.1. The molecule has 0 unspecified atom stereocenters. The Balaban J connectivity index is 0. The summed E-state index contributed by atoms with van der Waals surface area (Å²) in [6.45, 7) is 2.24. The van der Waals surface area contributed by atoms with E-state index in [9.17, 15) is 4.79 Å². The average Bonchev–Trinajstić information content (AvgIpc) is 1.90. The molecule has 0 aliphatic carbocycles. The molecule has 0 aliphatic rings. The number of carbonyl (C=O) groups excluding carboxylic acids is 1. The molecular formula is C6H14BrO2S+. The molecule has 0 aromatic heterocycles. The van der Waals surface area contributed by atoms with Gasteiger partial charge in [-0.05, 0) is 18.7 Å². The molecule has 0 amide bonds. The fraction of sp³-hybridized carbons (Fsp3) is 0.833. The van der Waals surface area contributed by atoms with E-state index >= 15 is 0 Å². The molecule has 0 fully saturated rings. The topological polar surface area (TPSA) is 26.3 Å². The maximum absolute atomic E-state index is 10.1. The van der Waals surface area contributed by atoms with Crippen molar-refractivity contribution in [2.24, 2.45) is 0 Å². The Morgan fingerprint density at radius 1 is 1.60 bits per heavy atom. The van der Waals surface area contributed by atoms with Crippen LogP contribution in [0.5, 0.6) is 0 Å². The number of esters is 1. The molecule has 10 heavy (non-hydrogen) atoms. The van der Waals surface area contributed by atoms with Gasteiger partial charge in [0.25, 0.3) is 0 Å². The van der Waals surface area contributed by atoms with Crippen LogP contribution < -0.4 is 0 Å². The van der Waals surface area contributed by atoms with Crippen molar-refractivity contribution in [3.8, 4) is 0 Å². The minimum absolute atomic E-state index is 0.206. The molecule has 0 N–H and O–H groups in total. The molecule has 4 heteroatoms. The molecule has 0 aliphatic heterocycles. The first-order valence-corrected chi connectivity index (χ1v) is 5.83. The number of carbonyl (C=O) groups is 1. The summed E-state index contributed by atoms with van der Waals surface area (Å²) < 4.78 is 4.51. The third-order valence-corrected chi connectivity index (χ3v) is 0.872. The van der Waals surface area contributed by atoms with Gasteiger partial charge in [0.2, 0.25) is 0 Å². The van der Waals surface area contributed by atoms with Gasteiger partial charge in [-0.15, -0.1) is 0 Å². The number of ether oxygens (including phenoxy) is 1. The lowest BCUT2D eigenvalue weighted by molar-refractivity contribution is -0.139. The summed E-state index contributed by atoms with van der Waals surface area (Å²) in [5, 5.41) is 0.292. The summed E-state index contributed by atoms with van der Waals surface area (Å²) in [6.07, 6.45) is 4.19. The highest BCUT2D eigenvalue weighted by atomic mass is 79.9. The molecule has 0 spiro atoms. The van der Waals surface area contributed by atoms with E-state index in [1.54, 1.807) is 6.92 Å². The van der Waals surface area contributed by atoms with Gasteiger partial charge in [0.05, 0.1) is 19.1 Å². The van der Waals surface area contributed by atoms with Crippen molar-refractivity contribution < 1.29 is 9.53 Å². The third-order valence-electron chi connectivity index (χ3n) is 0.414. The SMILES string of the molecule is CCOC(=O)CBr.C[SH+]C. The monoisotopic (exact) mass is 229 g/mol. The van der Waals surface area contributed by atoms with Crippen LogP contribution in [0.15, 0.2) is 0 Å². The van der Waals surface area contributed by atoms with E-state index in [4.69, 9.17) is 0 Å². The van der Waals surface area contributed by atoms with Gasteiger partial charge in [-0.3, -0.25) is 4.79 Å². The lowest BCUT2D eigenvalue weighted by Crippen LogP contribution is -2.03. The summed E-state index contributed by atoms with van der Waals surface area (Å²) >= 11 is 4.36. The molecule has 0 saturated carbocycles. The molecule has 0 aromatic rings. The lowest BCUT2D eigenvalue weighted by atomic mass is 10.8. The van der Waals surface area contributed by atoms with Crippen LogP contribution in [-0.4, -0.2) is 30.4 Å². The van der Waals surface area contributed by atoms with Gasteiger partial charge in [0.1, 0.15) is 5.33 Å². The van der Waals surface area contributed by atoms with Crippen molar-refractivity contribution in [2.45, 2.75) is 6.92 Å². The molecule has 0 saturated heterocycles. The Morgan fingerprint density at radius 3 is 2.10 bits per heavy atom. The van der Waals surface area contributed by atoms with Gasteiger partial charge in [-0.2, -0.15) is 0 Å². The van der Waals surface area contributed by atoms with Gasteiger partial charge in [-0.25, -0.2) is 0 Å². The Morgan fingerprint density at radius 2 is 2.00 bits per heavy atom. The zero-order valence-corrected chi connectivity index (χ0v) is 9.04. The minimum atomic E-state index is -0.206. The number of alkyl halides is 1. The third kappa shape index (κ3) is 15.7. The molecule has 0 heterocycles. The molecule has 62 valence electrons. The van der Waals surface area contributed by atoms with E-state index in [2.05, 4.69) is 33.2 Å². The molecule has 2 nitrogen and oxygen atoms in total. The highest BCUT2D eigenvalue weighted by molar-refractivity contribution is 9.09. The van der Waals surface area contributed by atoms with Crippen molar-refractivity contribution in [1.82, 2.24) is 0 Å². The van der Waals surface area contributed by atoms with Crippen LogP contribution >= 0.6 is 15.9 Å². The first kappa shape index (κ1) is 12.9. The fourth-order valence-electron chi connectivity index (χ4n) is 0.200. The summed E-state index contributed by atoms with van der Waals surface area (Å²) in [5.74, 6) is -0.206. The Bertz CT molecular complexity index is 78.1. The molecular weight excluding hydrogens is 216 g/mol. The van der Waals surface area contributed by atoms with E-state index in [1.165, 1.54) is 11.8 Å². The number of hydrogen-bond acceptors (Lipinski definition) is 2. The van der Waals surface area contributed by atoms with Crippen LogP contribution in [0.1, 0.15) is 6.92 Å². The summed E-state index contributed by atoms with van der Waals surface area (Å²) in [5.41, 5.74) is 0. The second kappa shape index (κ2) is 12.0. The lowest BCUT2D eigenvalue weighted by Gasteiger charge is -1.92. The van der Waals surface area contributed by atoms with Crippen LogP contribution in [0.4, 0.5) is 0 Å². The van der Waals surface area contributed by atoms with Crippen molar-refractivity contribution >= 4 is 33.7 Å². The maximum atomic E-state index is 10.1. The van der Waals surface area contributed by atoms with Crippen molar-refractivity contribution in [3.05, 3.63) is 0 Å². The number of hydrogen-bond donors (Lipinski definition) is 0. The number of thiol groups is 1. The predicted molar refractivity (Wildman–Crippen MR) is 51.0 cm³/mol. The van der Waals surface area contributed by atoms with E-state index in [0.717, 1.165) is 0 Å². The summed E-state index contributed by atoms with van der Waals surface area (Å²) in [7, 11) is 0. The van der Waals surface area contributed by atoms with Crippen LogP contribution in [0, 0.1) is 0 Å². The van der Waals surface area contributed by atoms with Gasteiger partial charge in [-0.1, -0.05) is 15.9 Å². The molecule has 0 atom stereocenters.